The molecule has 0 saturated carbocycles. The molecular formula is C19H19FN2O3. The smallest absolute Gasteiger partial charge is 0.254 e. The van der Waals surface area contributed by atoms with Gasteiger partial charge in [-0.25, -0.2) is 4.39 Å². The summed E-state index contributed by atoms with van der Waals surface area (Å²) in [7, 11) is 0. The maximum atomic E-state index is 14.1. The molecule has 2 amide bonds. The minimum atomic E-state index is -0.690. The number of carbonyl (C=O) groups excluding carboxylic acids is 2. The fraction of sp³-hybridized carbons (Fsp3) is 0.263. The molecule has 6 heteroatoms. The topological polar surface area (TPSA) is 78.4 Å². The Balaban J connectivity index is 1.61. The minimum absolute atomic E-state index is 0.0518. The molecule has 2 aromatic carbocycles. The zero-order valence-electron chi connectivity index (χ0n) is 13.6. The number of halogens is 1. The Morgan fingerprint density at radius 2 is 2.00 bits per heavy atom. The van der Waals surface area contributed by atoms with E-state index in [-0.39, 0.29) is 18.0 Å². The second kappa shape index (κ2) is 7.44. The number of aliphatic hydroxyl groups excluding tert-OH is 1. The second-order valence-corrected chi connectivity index (χ2v) is 6.01. The van der Waals surface area contributed by atoms with Crippen molar-refractivity contribution in [2.45, 2.75) is 25.4 Å². The van der Waals surface area contributed by atoms with Gasteiger partial charge in [-0.2, -0.15) is 0 Å². The van der Waals surface area contributed by atoms with Crippen LogP contribution in [0.5, 0.6) is 0 Å². The lowest BCUT2D eigenvalue weighted by Gasteiger charge is -2.18. The first-order chi connectivity index (χ1) is 12.0. The first-order valence-electron chi connectivity index (χ1n) is 8.18. The highest BCUT2D eigenvalue weighted by Crippen LogP contribution is 2.26. The van der Waals surface area contributed by atoms with Crippen LogP contribution in [0.3, 0.4) is 0 Å². The molecule has 2 aromatic rings. The summed E-state index contributed by atoms with van der Waals surface area (Å²) in [5.41, 5.74) is 1.89. The predicted octanol–water partition coefficient (Wildman–Crippen LogP) is 2.56. The summed E-state index contributed by atoms with van der Waals surface area (Å²) < 4.78 is 14.1. The van der Waals surface area contributed by atoms with Crippen molar-refractivity contribution in [1.29, 1.82) is 0 Å². The number of amides is 2. The monoisotopic (exact) mass is 342 g/mol. The van der Waals surface area contributed by atoms with E-state index in [0.717, 1.165) is 11.1 Å². The van der Waals surface area contributed by atoms with E-state index in [2.05, 4.69) is 10.6 Å². The Bertz CT molecular complexity index is 793. The third kappa shape index (κ3) is 4.03. The normalized spacial score (nSPS) is 14.4. The molecular weight excluding hydrogens is 323 g/mol. The van der Waals surface area contributed by atoms with Gasteiger partial charge in [-0.05, 0) is 36.1 Å². The SMILES string of the molecule is O=C1CCc2cc(C(=O)NCCC(O)c3ccccc3)c(F)cc2N1. The quantitative estimate of drug-likeness (QED) is 0.781. The molecule has 3 rings (SSSR count). The zero-order valence-corrected chi connectivity index (χ0v) is 13.6. The van der Waals surface area contributed by atoms with Crippen molar-refractivity contribution in [1.82, 2.24) is 5.32 Å². The minimum Gasteiger partial charge on any atom is -0.388 e. The van der Waals surface area contributed by atoms with Gasteiger partial charge in [0, 0.05) is 18.7 Å². The lowest BCUT2D eigenvalue weighted by Crippen LogP contribution is -2.27. The van der Waals surface area contributed by atoms with E-state index in [1.54, 1.807) is 0 Å². The van der Waals surface area contributed by atoms with Crippen molar-refractivity contribution in [3.8, 4) is 0 Å². The lowest BCUT2D eigenvalue weighted by molar-refractivity contribution is -0.116. The Kier molecular flexibility index (Phi) is 5.09. The molecule has 0 aliphatic carbocycles. The number of anilines is 1. The van der Waals surface area contributed by atoms with Crippen LogP contribution in [0.2, 0.25) is 0 Å². The molecule has 5 nitrogen and oxygen atoms in total. The van der Waals surface area contributed by atoms with Crippen LogP contribution >= 0.6 is 0 Å². The lowest BCUT2D eigenvalue weighted by atomic mass is 9.99. The third-order valence-corrected chi connectivity index (χ3v) is 4.22. The number of rotatable bonds is 5. The van der Waals surface area contributed by atoms with Crippen LogP contribution in [-0.4, -0.2) is 23.5 Å². The van der Waals surface area contributed by atoms with Crippen LogP contribution in [0.15, 0.2) is 42.5 Å². The summed E-state index contributed by atoms with van der Waals surface area (Å²) in [6.45, 7) is 0.224. The molecule has 1 unspecified atom stereocenters. The van der Waals surface area contributed by atoms with Crippen LogP contribution < -0.4 is 10.6 Å². The van der Waals surface area contributed by atoms with Crippen LogP contribution in [0.25, 0.3) is 0 Å². The highest BCUT2D eigenvalue weighted by atomic mass is 19.1. The molecule has 0 fully saturated rings. The fourth-order valence-corrected chi connectivity index (χ4v) is 2.84. The molecule has 0 aromatic heterocycles. The first-order valence-corrected chi connectivity index (χ1v) is 8.18. The van der Waals surface area contributed by atoms with Gasteiger partial charge < -0.3 is 15.7 Å². The van der Waals surface area contributed by atoms with E-state index >= 15 is 0 Å². The first kappa shape index (κ1) is 17.1. The molecule has 3 N–H and O–H groups in total. The number of hydrogen-bond acceptors (Lipinski definition) is 3. The Hall–Kier alpha value is -2.73. The summed E-state index contributed by atoms with van der Waals surface area (Å²) in [6, 6.07) is 11.8. The van der Waals surface area contributed by atoms with Crippen molar-refractivity contribution in [2.75, 3.05) is 11.9 Å². The van der Waals surface area contributed by atoms with Crippen LogP contribution in [-0.2, 0) is 11.2 Å². The van der Waals surface area contributed by atoms with Crippen molar-refractivity contribution >= 4 is 17.5 Å². The highest BCUT2D eigenvalue weighted by molar-refractivity contribution is 5.98. The summed E-state index contributed by atoms with van der Waals surface area (Å²) >= 11 is 0. The number of fused-ring (bicyclic) bond motifs is 1. The highest BCUT2D eigenvalue weighted by Gasteiger charge is 2.20. The molecule has 130 valence electrons. The van der Waals surface area contributed by atoms with Gasteiger partial charge in [0.1, 0.15) is 5.82 Å². The fourth-order valence-electron chi connectivity index (χ4n) is 2.84. The zero-order chi connectivity index (χ0) is 17.8. The Morgan fingerprint density at radius 3 is 2.76 bits per heavy atom. The molecule has 1 aliphatic rings. The van der Waals surface area contributed by atoms with E-state index in [4.69, 9.17) is 0 Å². The van der Waals surface area contributed by atoms with Gasteiger partial charge in [0.2, 0.25) is 5.91 Å². The number of hydrogen-bond donors (Lipinski definition) is 3. The van der Waals surface area contributed by atoms with Crippen molar-refractivity contribution < 1.29 is 19.1 Å². The summed E-state index contributed by atoms with van der Waals surface area (Å²) in [4.78, 5) is 23.6. The molecule has 25 heavy (non-hydrogen) atoms. The third-order valence-electron chi connectivity index (χ3n) is 4.22. The summed E-state index contributed by atoms with van der Waals surface area (Å²) in [5, 5.41) is 15.3. The molecule has 0 spiro atoms. The van der Waals surface area contributed by atoms with Gasteiger partial charge in [0.15, 0.2) is 0 Å². The van der Waals surface area contributed by atoms with E-state index < -0.39 is 17.8 Å². The maximum absolute atomic E-state index is 14.1. The number of nitrogens with one attached hydrogen (secondary N) is 2. The average molecular weight is 342 g/mol. The van der Waals surface area contributed by atoms with E-state index in [9.17, 15) is 19.1 Å². The molecule has 0 bridgehead atoms. The van der Waals surface area contributed by atoms with Crippen LogP contribution in [0, 0.1) is 5.82 Å². The number of aryl methyl sites for hydroxylation is 1. The summed E-state index contributed by atoms with van der Waals surface area (Å²) in [6.07, 6.45) is 0.445. The van der Waals surface area contributed by atoms with Crippen LogP contribution in [0.4, 0.5) is 10.1 Å². The van der Waals surface area contributed by atoms with Gasteiger partial charge >= 0.3 is 0 Å². The molecule has 0 radical (unpaired) electrons. The number of aliphatic hydroxyl groups is 1. The largest absolute Gasteiger partial charge is 0.388 e. The van der Waals surface area contributed by atoms with E-state index in [1.165, 1.54) is 12.1 Å². The van der Waals surface area contributed by atoms with Gasteiger partial charge in [-0.15, -0.1) is 0 Å². The van der Waals surface area contributed by atoms with Crippen LogP contribution in [0.1, 0.15) is 40.4 Å². The van der Waals surface area contributed by atoms with E-state index in [0.29, 0.717) is 24.9 Å². The predicted molar refractivity (Wildman–Crippen MR) is 91.7 cm³/mol. The maximum Gasteiger partial charge on any atom is 0.254 e. The van der Waals surface area contributed by atoms with Crippen molar-refractivity contribution in [2.24, 2.45) is 0 Å². The summed E-state index contributed by atoms with van der Waals surface area (Å²) in [5.74, 6) is -1.36. The average Bonchev–Trinajstić information content (AvgIpc) is 2.61. The van der Waals surface area contributed by atoms with E-state index in [1.807, 2.05) is 30.3 Å². The molecule has 0 saturated heterocycles. The van der Waals surface area contributed by atoms with Gasteiger partial charge in [0.25, 0.3) is 5.91 Å². The van der Waals surface area contributed by atoms with Gasteiger partial charge in [-0.3, -0.25) is 9.59 Å². The van der Waals surface area contributed by atoms with Crippen molar-refractivity contribution in [3.63, 3.8) is 0 Å². The standard InChI is InChI=1S/C19H19FN2O3/c20-15-11-16-13(6-7-18(24)22-16)10-14(15)19(25)21-9-8-17(23)12-4-2-1-3-5-12/h1-5,10-11,17,23H,6-9H2,(H,21,25)(H,22,24). The van der Waals surface area contributed by atoms with Gasteiger partial charge in [0.05, 0.1) is 11.7 Å². The van der Waals surface area contributed by atoms with Gasteiger partial charge in [-0.1, -0.05) is 30.3 Å². The molecule has 1 atom stereocenters. The Morgan fingerprint density at radius 1 is 1.24 bits per heavy atom. The number of carbonyl (C=O) groups is 2. The Labute approximate surface area is 144 Å². The second-order valence-electron chi connectivity index (χ2n) is 6.01. The molecule has 1 heterocycles. The number of benzene rings is 2. The molecule has 1 aliphatic heterocycles. The van der Waals surface area contributed by atoms with Crippen molar-refractivity contribution in [3.05, 3.63) is 65.0 Å².